The van der Waals surface area contributed by atoms with Crippen LogP contribution in [-0.2, 0) is 4.74 Å². The van der Waals surface area contributed by atoms with Crippen molar-refractivity contribution in [3.63, 3.8) is 0 Å². The number of ether oxygens (including phenoxy) is 1. The number of hydrogen-bond acceptors (Lipinski definition) is 3. The predicted octanol–water partition coefficient (Wildman–Crippen LogP) is 3.20. The molecule has 2 atom stereocenters. The maximum Gasteiger partial charge on any atom is 0.390 e. The maximum atomic E-state index is 12.3. The number of methoxy groups -OCH3 is 1. The molecule has 3 nitrogen and oxygen atoms in total. The molecule has 1 N–H and O–H groups in total. The van der Waals surface area contributed by atoms with E-state index in [0.29, 0.717) is 12.1 Å². The summed E-state index contributed by atoms with van der Waals surface area (Å²) in [5.41, 5.74) is -0.00670. The van der Waals surface area contributed by atoms with Gasteiger partial charge in [-0.2, -0.15) is 13.2 Å². The number of halogens is 3. The first-order valence-corrected chi connectivity index (χ1v) is 8.18. The van der Waals surface area contributed by atoms with Crippen LogP contribution in [0.2, 0.25) is 0 Å². The summed E-state index contributed by atoms with van der Waals surface area (Å²) in [5, 5.41) is 3.70. The Kier molecular flexibility index (Phi) is 5.15. The highest BCUT2D eigenvalue weighted by Crippen LogP contribution is 2.51. The van der Waals surface area contributed by atoms with E-state index in [4.69, 9.17) is 4.74 Å². The van der Waals surface area contributed by atoms with Gasteiger partial charge in [-0.25, -0.2) is 0 Å². The zero-order chi connectivity index (χ0) is 16.6. The molecule has 0 aromatic carbocycles. The van der Waals surface area contributed by atoms with E-state index in [-0.39, 0.29) is 17.6 Å². The topological polar surface area (TPSA) is 24.5 Å². The molecule has 130 valence electrons. The summed E-state index contributed by atoms with van der Waals surface area (Å²) < 4.78 is 42.4. The number of piperidine rings is 1. The fourth-order valence-corrected chi connectivity index (χ4v) is 3.65. The van der Waals surface area contributed by atoms with E-state index in [1.54, 1.807) is 7.11 Å². The molecule has 1 heterocycles. The average molecular weight is 322 g/mol. The van der Waals surface area contributed by atoms with E-state index in [2.05, 4.69) is 26.1 Å². The van der Waals surface area contributed by atoms with Crippen LogP contribution in [0.25, 0.3) is 0 Å². The van der Waals surface area contributed by atoms with Gasteiger partial charge in [0.2, 0.25) is 0 Å². The summed E-state index contributed by atoms with van der Waals surface area (Å²) >= 11 is 0. The van der Waals surface area contributed by atoms with Crippen LogP contribution in [0.3, 0.4) is 0 Å². The molecule has 1 saturated heterocycles. The van der Waals surface area contributed by atoms with Crippen LogP contribution < -0.4 is 5.32 Å². The molecule has 2 fully saturated rings. The predicted molar refractivity (Wildman–Crippen MR) is 80.9 cm³/mol. The number of nitrogens with one attached hydrogen (secondary N) is 1. The third kappa shape index (κ3) is 3.77. The van der Waals surface area contributed by atoms with E-state index < -0.39 is 12.6 Å². The lowest BCUT2D eigenvalue weighted by Gasteiger charge is -2.60. The van der Waals surface area contributed by atoms with Gasteiger partial charge in [-0.15, -0.1) is 0 Å². The first kappa shape index (κ1) is 18.0. The minimum absolute atomic E-state index is 0.0785. The average Bonchev–Trinajstić information content (AvgIpc) is 2.45. The Hall–Kier alpha value is -0.330. The van der Waals surface area contributed by atoms with Gasteiger partial charge in [0.25, 0.3) is 0 Å². The molecular formula is C16H29F3N2O. The molecule has 0 radical (unpaired) electrons. The summed E-state index contributed by atoms with van der Waals surface area (Å²) in [6.07, 6.45) is -1.91. The van der Waals surface area contributed by atoms with Crippen molar-refractivity contribution in [1.82, 2.24) is 10.2 Å². The van der Waals surface area contributed by atoms with Crippen LogP contribution in [0.15, 0.2) is 0 Å². The van der Waals surface area contributed by atoms with Crippen molar-refractivity contribution < 1.29 is 17.9 Å². The Labute approximate surface area is 131 Å². The molecule has 0 bridgehead atoms. The Balaban J connectivity index is 1.73. The standard InChI is InChI=1S/C16H29F3N2O/c1-14(2)13(11-15(14,3)22-4)20-12-5-8-21(9-6-12)10-7-16(17,18)19/h12-13,20H,5-11H2,1-4H3/t13-,15-/m1/s1. The summed E-state index contributed by atoms with van der Waals surface area (Å²) in [4.78, 5) is 1.93. The normalized spacial score (nSPS) is 33.7. The van der Waals surface area contributed by atoms with Gasteiger partial charge in [0, 0.05) is 31.2 Å². The summed E-state index contributed by atoms with van der Waals surface area (Å²) in [7, 11) is 1.76. The van der Waals surface area contributed by atoms with Gasteiger partial charge in [-0.1, -0.05) is 13.8 Å². The largest absolute Gasteiger partial charge is 0.390 e. The fourth-order valence-electron chi connectivity index (χ4n) is 3.65. The molecule has 2 aliphatic rings. The molecule has 0 unspecified atom stereocenters. The number of likely N-dealkylation sites (tertiary alicyclic amines) is 1. The summed E-state index contributed by atoms with van der Waals surface area (Å²) in [6, 6.07) is 0.831. The fraction of sp³-hybridized carbons (Fsp3) is 1.00. The second kappa shape index (κ2) is 6.29. The molecule has 6 heteroatoms. The van der Waals surface area contributed by atoms with E-state index >= 15 is 0 Å². The quantitative estimate of drug-likeness (QED) is 0.841. The zero-order valence-corrected chi connectivity index (χ0v) is 14.1. The van der Waals surface area contributed by atoms with Crippen LogP contribution in [0, 0.1) is 5.41 Å². The van der Waals surface area contributed by atoms with Gasteiger partial charge < -0.3 is 15.0 Å². The SMILES string of the molecule is CO[C@]1(C)C[C@@H](NC2CCN(CCC(F)(F)F)CC2)C1(C)C. The van der Waals surface area contributed by atoms with Gasteiger partial charge in [-0.05, 0) is 39.3 Å². The number of rotatable bonds is 5. The maximum absolute atomic E-state index is 12.3. The van der Waals surface area contributed by atoms with E-state index in [1.165, 1.54) is 0 Å². The Bertz CT molecular complexity index is 378. The minimum atomic E-state index is -4.05. The number of nitrogens with zero attached hydrogens (tertiary/aromatic N) is 1. The van der Waals surface area contributed by atoms with Crippen molar-refractivity contribution in [2.75, 3.05) is 26.7 Å². The summed E-state index contributed by atoms with van der Waals surface area (Å²) in [6.45, 7) is 8.22. The molecule has 1 aliphatic carbocycles. The second-order valence-electron chi connectivity index (χ2n) is 7.56. The molecule has 2 rings (SSSR count). The highest BCUT2D eigenvalue weighted by Gasteiger charge is 2.57. The van der Waals surface area contributed by atoms with Crippen LogP contribution in [0.4, 0.5) is 13.2 Å². The Morgan fingerprint density at radius 2 is 1.77 bits per heavy atom. The van der Waals surface area contributed by atoms with Crippen molar-refractivity contribution in [2.45, 2.75) is 70.3 Å². The first-order valence-electron chi connectivity index (χ1n) is 8.18. The van der Waals surface area contributed by atoms with E-state index in [9.17, 15) is 13.2 Å². The Morgan fingerprint density at radius 1 is 1.18 bits per heavy atom. The van der Waals surface area contributed by atoms with Crippen molar-refractivity contribution in [3.8, 4) is 0 Å². The van der Waals surface area contributed by atoms with Crippen molar-refractivity contribution in [1.29, 1.82) is 0 Å². The zero-order valence-electron chi connectivity index (χ0n) is 14.1. The smallest absolute Gasteiger partial charge is 0.378 e. The summed E-state index contributed by atoms with van der Waals surface area (Å²) in [5.74, 6) is 0. The number of hydrogen-bond donors (Lipinski definition) is 1. The molecule has 22 heavy (non-hydrogen) atoms. The lowest BCUT2D eigenvalue weighted by atomic mass is 9.55. The molecular weight excluding hydrogens is 293 g/mol. The van der Waals surface area contributed by atoms with Crippen molar-refractivity contribution in [3.05, 3.63) is 0 Å². The number of alkyl halides is 3. The van der Waals surface area contributed by atoms with Crippen molar-refractivity contribution in [2.24, 2.45) is 5.41 Å². The van der Waals surface area contributed by atoms with Crippen LogP contribution >= 0.6 is 0 Å². The van der Waals surface area contributed by atoms with Gasteiger partial charge in [-0.3, -0.25) is 0 Å². The molecule has 0 aromatic rings. The van der Waals surface area contributed by atoms with Crippen LogP contribution in [0.5, 0.6) is 0 Å². The van der Waals surface area contributed by atoms with Crippen LogP contribution in [0.1, 0.15) is 46.5 Å². The third-order valence-electron chi connectivity index (χ3n) is 6.01. The molecule has 1 aliphatic heterocycles. The second-order valence-corrected chi connectivity index (χ2v) is 7.56. The minimum Gasteiger partial charge on any atom is -0.378 e. The van der Waals surface area contributed by atoms with E-state index in [0.717, 1.165) is 32.4 Å². The first-order chi connectivity index (χ1) is 10.1. The molecule has 0 spiro atoms. The van der Waals surface area contributed by atoms with E-state index in [1.807, 2.05) is 4.90 Å². The Morgan fingerprint density at radius 3 is 2.23 bits per heavy atom. The highest BCUT2D eigenvalue weighted by molar-refractivity contribution is 5.12. The van der Waals surface area contributed by atoms with Gasteiger partial charge >= 0.3 is 6.18 Å². The monoisotopic (exact) mass is 322 g/mol. The van der Waals surface area contributed by atoms with Gasteiger partial charge in [0.1, 0.15) is 0 Å². The lowest BCUT2D eigenvalue weighted by molar-refractivity contribution is -0.183. The van der Waals surface area contributed by atoms with Gasteiger partial charge in [0.05, 0.1) is 12.0 Å². The third-order valence-corrected chi connectivity index (χ3v) is 6.01. The lowest BCUT2D eigenvalue weighted by Crippen LogP contribution is -2.69. The van der Waals surface area contributed by atoms with Crippen molar-refractivity contribution >= 4 is 0 Å². The highest BCUT2D eigenvalue weighted by atomic mass is 19.4. The molecule has 1 saturated carbocycles. The van der Waals surface area contributed by atoms with Crippen LogP contribution in [-0.4, -0.2) is 55.5 Å². The van der Waals surface area contributed by atoms with Gasteiger partial charge in [0.15, 0.2) is 0 Å². The molecule has 0 aromatic heterocycles. The molecule has 0 amide bonds.